The Hall–Kier alpha value is -1.51. The molecule has 1 rings (SSSR count). The second-order valence-corrected chi connectivity index (χ2v) is 6.90. The van der Waals surface area contributed by atoms with E-state index in [1.54, 1.807) is 6.08 Å². The smallest absolute Gasteiger partial charge is 0.146 e. The summed E-state index contributed by atoms with van der Waals surface area (Å²) in [5.74, 6) is 0.320. The van der Waals surface area contributed by atoms with Crippen molar-refractivity contribution >= 4 is 17.9 Å². The Bertz CT molecular complexity index is 499. The fourth-order valence-corrected chi connectivity index (χ4v) is 2.99. The quantitative estimate of drug-likeness (QED) is 0.306. The molecule has 0 amide bonds. The van der Waals surface area contributed by atoms with E-state index in [0.717, 1.165) is 37.5 Å². The third-order valence-electron chi connectivity index (χ3n) is 5.04. The van der Waals surface area contributed by atoms with Crippen LogP contribution in [-0.4, -0.2) is 17.9 Å². The standard InChI is InChI=1S/C19H28O3/c1-14(6-5-7-15(2)9-11-20)8-10-19(4)16(3)12-17(21)13-18(19)22/h6,9,11,16H,5,7-8,10,12-13H2,1-4H3/b14-6+,15-9+/t16-,19+/m1/s1. The van der Waals surface area contributed by atoms with Crippen molar-refractivity contribution in [3.8, 4) is 0 Å². The zero-order chi connectivity index (χ0) is 16.8. The van der Waals surface area contributed by atoms with Gasteiger partial charge in [-0.3, -0.25) is 14.4 Å². The van der Waals surface area contributed by atoms with Crippen molar-refractivity contribution in [2.45, 2.75) is 66.2 Å². The minimum atomic E-state index is -0.365. The van der Waals surface area contributed by atoms with E-state index in [2.05, 4.69) is 13.0 Å². The molecule has 0 radical (unpaired) electrons. The summed E-state index contributed by atoms with van der Waals surface area (Å²) in [6.07, 6.45) is 8.75. The molecule has 22 heavy (non-hydrogen) atoms. The van der Waals surface area contributed by atoms with Gasteiger partial charge in [0.2, 0.25) is 0 Å². The van der Waals surface area contributed by atoms with Gasteiger partial charge in [0.05, 0.1) is 6.42 Å². The van der Waals surface area contributed by atoms with Gasteiger partial charge in [0, 0.05) is 11.8 Å². The highest BCUT2D eigenvalue weighted by molar-refractivity contribution is 6.04. The highest BCUT2D eigenvalue weighted by Crippen LogP contribution is 2.41. The van der Waals surface area contributed by atoms with E-state index in [1.807, 2.05) is 20.8 Å². The maximum Gasteiger partial charge on any atom is 0.146 e. The molecular weight excluding hydrogens is 276 g/mol. The Morgan fingerprint density at radius 2 is 1.91 bits per heavy atom. The van der Waals surface area contributed by atoms with Crippen LogP contribution in [-0.2, 0) is 14.4 Å². The summed E-state index contributed by atoms with van der Waals surface area (Å²) in [4.78, 5) is 34.1. The average Bonchev–Trinajstić information content (AvgIpc) is 2.43. The van der Waals surface area contributed by atoms with Gasteiger partial charge in [0.25, 0.3) is 0 Å². The van der Waals surface area contributed by atoms with E-state index >= 15 is 0 Å². The van der Waals surface area contributed by atoms with E-state index < -0.39 is 0 Å². The van der Waals surface area contributed by atoms with Gasteiger partial charge >= 0.3 is 0 Å². The average molecular weight is 304 g/mol. The van der Waals surface area contributed by atoms with E-state index in [-0.39, 0.29) is 29.3 Å². The zero-order valence-electron chi connectivity index (χ0n) is 14.3. The van der Waals surface area contributed by atoms with Crippen molar-refractivity contribution < 1.29 is 14.4 Å². The van der Waals surface area contributed by atoms with Crippen LogP contribution in [0.4, 0.5) is 0 Å². The topological polar surface area (TPSA) is 51.2 Å². The molecule has 122 valence electrons. The van der Waals surface area contributed by atoms with Crippen LogP contribution < -0.4 is 0 Å². The van der Waals surface area contributed by atoms with Crippen molar-refractivity contribution in [2.75, 3.05) is 0 Å². The fourth-order valence-electron chi connectivity index (χ4n) is 2.99. The van der Waals surface area contributed by atoms with Gasteiger partial charge < -0.3 is 0 Å². The normalized spacial score (nSPS) is 27.2. The number of carbonyl (C=O) groups is 3. The molecular formula is C19H28O3. The van der Waals surface area contributed by atoms with Crippen LogP contribution in [0.15, 0.2) is 23.3 Å². The maximum absolute atomic E-state index is 12.2. The summed E-state index contributed by atoms with van der Waals surface area (Å²) in [7, 11) is 0. The molecule has 1 fully saturated rings. The van der Waals surface area contributed by atoms with Gasteiger partial charge in [-0.2, -0.15) is 0 Å². The molecule has 0 aromatic carbocycles. The predicted molar refractivity (Wildman–Crippen MR) is 88.6 cm³/mol. The van der Waals surface area contributed by atoms with Gasteiger partial charge in [-0.1, -0.05) is 31.1 Å². The number of hydrogen-bond acceptors (Lipinski definition) is 3. The Morgan fingerprint density at radius 1 is 1.23 bits per heavy atom. The predicted octanol–water partition coefficient (Wildman–Crippen LogP) is 4.21. The first-order chi connectivity index (χ1) is 10.3. The maximum atomic E-state index is 12.2. The molecule has 0 heterocycles. The molecule has 0 spiro atoms. The van der Waals surface area contributed by atoms with Crippen LogP contribution in [0.2, 0.25) is 0 Å². The van der Waals surface area contributed by atoms with Crippen LogP contribution in [0.5, 0.6) is 0 Å². The number of allylic oxidation sites excluding steroid dienone is 4. The van der Waals surface area contributed by atoms with Crippen LogP contribution in [0.3, 0.4) is 0 Å². The first-order valence-electron chi connectivity index (χ1n) is 8.11. The number of Topliss-reactive ketones (excluding diaryl/α,β-unsaturated/α-hetero) is 2. The van der Waals surface area contributed by atoms with Crippen molar-refractivity contribution in [2.24, 2.45) is 11.3 Å². The van der Waals surface area contributed by atoms with E-state index in [0.29, 0.717) is 6.42 Å². The molecule has 0 aromatic heterocycles. The van der Waals surface area contributed by atoms with Crippen LogP contribution in [0, 0.1) is 11.3 Å². The molecule has 0 bridgehead atoms. The number of carbonyl (C=O) groups excluding carboxylic acids is 3. The molecule has 0 saturated heterocycles. The molecule has 1 aliphatic carbocycles. The van der Waals surface area contributed by atoms with E-state index in [4.69, 9.17) is 0 Å². The highest BCUT2D eigenvalue weighted by atomic mass is 16.2. The molecule has 0 unspecified atom stereocenters. The van der Waals surface area contributed by atoms with Crippen LogP contribution in [0.25, 0.3) is 0 Å². The van der Waals surface area contributed by atoms with E-state index in [9.17, 15) is 14.4 Å². The second kappa shape index (κ2) is 8.21. The van der Waals surface area contributed by atoms with Crippen molar-refractivity contribution in [3.05, 3.63) is 23.3 Å². The Labute approximate surface area is 133 Å². The van der Waals surface area contributed by atoms with Crippen molar-refractivity contribution in [3.63, 3.8) is 0 Å². The minimum Gasteiger partial charge on any atom is -0.299 e. The van der Waals surface area contributed by atoms with Gasteiger partial charge in [0.15, 0.2) is 0 Å². The van der Waals surface area contributed by atoms with Crippen LogP contribution >= 0.6 is 0 Å². The third-order valence-corrected chi connectivity index (χ3v) is 5.04. The molecule has 0 aliphatic heterocycles. The second-order valence-electron chi connectivity index (χ2n) is 6.90. The Kier molecular flexibility index (Phi) is 6.92. The fraction of sp³-hybridized carbons (Fsp3) is 0.632. The van der Waals surface area contributed by atoms with Gasteiger partial charge in [-0.15, -0.1) is 0 Å². The van der Waals surface area contributed by atoms with Gasteiger partial charge in [-0.05, 0) is 51.5 Å². The first-order valence-corrected chi connectivity index (χ1v) is 8.11. The first kappa shape index (κ1) is 18.5. The van der Waals surface area contributed by atoms with Crippen LogP contribution in [0.1, 0.15) is 66.2 Å². The molecule has 0 N–H and O–H groups in total. The number of ketones is 2. The zero-order valence-corrected chi connectivity index (χ0v) is 14.3. The third kappa shape index (κ3) is 5.04. The summed E-state index contributed by atoms with van der Waals surface area (Å²) in [6.45, 7) is 8.07. The van der Waals surface area contributed by atoms with E-state index in [1.165, 1.54) is 5.57 Å². The molecule has 1 saturated carbocycles. The molecule has 2 atom stereocenters. The highest BCUT2D eigenvalue weighted by Gasteiger charge is 2.43. The molecule has 3 heteroatoms. The summed E-state index contributed by atoms with van der Waals surface area (Å²) in [5, 5.41) is 0. The number of hydrogen-bond donors (Lipinski definition) is 0. The number of aldehydes is 1. The monoisotopic (exact) mass is 304 g/mol. The van der Waals surface area contributed by atoms with Crippen molar-refractivity contribution in [1.82, 2.24) is 0 Å². The lowest BCUT2D eigenvalue weighted by atomic mass is 9.64. The summed E-state index contributed by atoms with van der Waals surface area (Å²) in [6, 6.07) is 0. The molecule has 1 aliphatic rings. The van der Waals surface area contributed by atoms with Gasteiger partial charge in [-0.25, -0.2) is 0 Å². The Balaban J connectivity index is 2.53. The summed E-state index contributed by atoms with van der Waals surface area (Å²) < 4.78 is 0. The molecule has 0 aromatic rings. The largest absolute Gasteiger partial charge is 0.299 e. The Morgan fingerprint density at radius 3 is 2.50 bits per heavy atom. The SMILES string of the molecule is C/C(=C\C=O)CC/C=C(\C)CC[C@]1(C)C(=O)CC(=O)C[C@H]1C. The van der Waals surface area contributed by atoms with Crippen molar-refractivity contribution in [1.29, 1.82) is 0 Å². The lowest BCUT2D eigenvalue weighted by Crippen LogP contribution is -2.41. The summed E-state index contributed by atoms with van der Waals surface area (Å²) in [5.41, 5.74) is 1.99. The molecule has 3 nitrogen and oxygen atoms in total. The lowest BCUT2D eigenvalue weighted by molar-refractivity contribution is -0.141. The summed E-state index contributed by atoms with van der Waals surface area (Å²) >= 11 is 0. The number of rotatable bonds is 7. The minimum absolute atomic E-state index is 0.0830. The van der Waals surface area contributed by atoms with Gasteiger partial charge in [0.1, 0.15) is 17.9 Å². The lowest BCUT2D eigenvalue weighted by Gasteiger charge is -2.37.